The summed E-state index contributed by atoms with van der Waals surface area (Å²) in [7, 11) is 1.65. The molecule has 0 saturated carbocycles. The third kappa shape index (κ3) is 9.20. The molecule has 0 spiro atoms. The Morgan fingerprint density at radius 2 is 2.04 bits per heavy atom. The van der Waals surface area contributed by atoms with Gasteiger partial charge in [0.1, 0.15) is 0 Å². The van der Waals surface area contributed by atoms with Crippen molar-refractivity contribution in [1.82, 2.24) is 5.32 Å². The van der Waals surface area contributed by atoms with Gasteiger partial charge in [-0.15, -0.1) is 24.0 Å². The van der Waals surface area contributed by atoms with Gasteiger partial charge < -0.3 is 20.5 Å². The second-order valence-electron chi connectivity index (χ2n) is 5.90. The number of hydrogen-bond acceptors (Lipinski definition) is 3. The molecule has 6 heteroatoms. The number of methoxy groups -OCH3 is 1. The summed E-state index contributed by atoms with van der Waals surface area (Å²) in [4.78, 5) is 4.36. The molecular weight excluding hydrogens is 417 g/mol. The predicted octanol–water partition coefficient (Wildman–Crippen LogP) is 3.59. The number of guanidine groups is 1. The van der Waals surface area contributed by atoms with Crippen LogP contribution in [0.4, 0.5) is 0 Å². The van der Waals surface area contributed by atoms with Crippen LogP contribution in [0.15, 0.2) is 23.2 Å². The number of ether oxygens (including phenoxy) is 2. The number of aliphatic imine (C=N–C) groups is 1. The highest BCUT2D eigenvalue weighted by molar-refractivity contribution is 14.0. The van der Waals surface area contributed by atoms with Crippen molar-refractivity contribution >= 4 is 29.9 Å². The van der Waals surface area contributed by atoms with Crippen LogP contribution >= 0.6 is 24.0 Å². The van der Waals surface area contributed by atoms with Gasteiger partial charge in [0, 0.05) is 13.1 Å². The lowest BCUT2D eigenvalue weighted by Gasteiger charge is -2.11. The molecule has 1 rings (SSSR count). The van der Waals surface area contributed by atoms with Gasteiger partial charge >= 0.3 is 0 Å². The van der Waals surface area contributed by atoms with E-state index in [-0.39, 0.29) is 24.0 Å². The second-order valence-corrected chi connectivity index (χ2v) is 5.90. The minimum absolute atomic E-state index is 0. The van der Waals surface area contributed by atoms with E-state index in [1.165, 1.54) is 5.56 Å². The number of hydrogen-bond donors (Lipinski definition) is 2. The molecule has 0 heterocycles. The topological polar surface area (TPSA) is 68.9 Å². The standard InChI is InChI=1S/C18H31N3O2.HI/c1-5-23-17-13-15(8-9-16(17)22-4)7-6-11-20-18(19)21-12-10-14(2)3;/h8-9,13-14H,5-7,10-12H2,1-4H3,(H3,19,20,21);1H. The number of halogens is 1. The fourth-order valence-corrected chi connectivity index (χ4v) is 2.17. The van der Waals surface area contributed by atoms with E-state index in [9.17, 15) is 0 Å². The Balaban J connectivity index is 0.00000529. The second kappa shape index (κ2) is 13.1. The molecule has 0 unspecified atom stereocenters. The quantitative estimate of drug-likeness (QED) is 0.248. The van der Waals surface area contributed by atoms with Crippen LogP contribution in [0, 0.1) is 5.92 Å². The summed E-state index contributed by atoms with van der Waals surface area (Å²) in [6.45, 7) is 8.58. The van der Waals surface area contributed by atoms with Gasteiger partial charge in [0.25, 0.3) is 0 Å². The lowest BCUT2D eigenvalue weighted by atomic mass is 10.1. The third-order valence-electron chi connectivity index (χ3n) is 3.46. The molecule has 0 aromatic heterocycles. The van der Waals surface area contributed by atoms with Gasteiger partial charge in [0.15, 0.2) is 17.5 Å². The average Bonchev–Trinajstić information content (AvgIpc) is 2.52. The molecule has 0 aliphatic carbocycles. The number of nitrogens with zero attached hydrogens (tertiary/aromatic N) is 1. The maximum atomic E-state index is 5.84. The molecule has 5 nitrogen and oxygen atoms in total. The smallest absolute Gasteiger partial charge is 0.188 e. The van der Waals surface area contributed by atoms with E-state index in [4.69, 9.17) is 15.2 Å². The van der Waals surface area contributed by atoms with Crippen molar-refractivity contribution in [2.75, 3.05) is 26.8 Å². The normalized spacial score (nSPS) is 11.1. The number of benzene rings is 1. The minimum atomic E-state index is 0. The van der Waals surface area contributed by atoms with Crippen molar-refractivity contribution in [3.63, 3.8) is 0 Å². The van der Waals surface area contributed by atoms with Crippen LogP contribution in [0.2, 0.25) is 0 Å². The van der Waals surface area contributed by atoms with E-state index >= 15 is 0 Å². The highest BCUT2D eigenvalue weighted by atomic mass is 127. The largest absolute Gasteiger partial charge is 0.493 e. The Morgan fingerprint density at radius 3 is 2.67 bits per heavy atom. The van der Waals surface area contributed by atoms with Crippen LogP contribution in [0.25, 0.3) is 0 Å². The Morgan fingerprint density at radius 1 is 1.29 bits per heavy atom. The van der Waals surface area contributed by atoms with Gasteiger partial charge in [-0.1, -0.05) is 19.9 Å². The highest BCUT2D eigenvalue weighted by Gasteiger charge is 2.05. The van der Waals surface area contributed by atoms with Crippen molar-refractivity contribution in [2.24, 2.45) is 16.6 Å². The molecule has 0 atom stereocenters. The van der Waals surface area contributed by atoms with Crippen LogP contribution in [0.1, 0.15) is 39.2 Å². The monoisotopic (exact) mass is 449 g/mol. The molecule has 1 aromatic carbocycles. The van der Waals surface area contributed by atoms with Gasteiger partial charge in [0.05, 0.1) is 13.7 Å². The summed E-state index contributed by atoms with van der Waals surface area (Å²) in [6, 6.07) is 6.05. The van der Waals surface area contributed by atoms with Gasteiger partial charge in [-0.3, -0.25) is 4.99 Å². The van der Waals surface area contributed by atoms with Gasteiger partial charge in [-0.25, -0.2) is 0 Å². The summed E-state index contributed by atoms with van der Waals surface area (Å²) < 4.78 is 10.9. The number of aryl methyl sites for hydroxylation is 1. The highest BCUT2D eigenvalue weighted by Crippen LogP contribution is 2.28. The molecule has 138 valence electrons. The number of nitrogens with one attached hydrogen (secondary N) is 1. The summed E-state index contributed by atoms with van der Waals surface area (Å²) >= 11 is 0. The molecule has 24 heavy (non-hydrogen) atoms. The first-order valence-electron chi connectivity index (χ1n) is 8.40. The summed E-state index contributed by atoms with van der Waals surface area (Å²) in [5.41, 5.74) is 7.06. The molecular formula is C18H32IN3O2. The van der Waals surface area contributed by atoms with Crippen LogP contribution in [-0.4, -0.2) is 32.8 Å². The Bertz CT molecular complexity index is 493. The minimum Gasteiger partial charge on any atom is -0.493 e. The van der Waals surface area contributed by atoms with E-state index in [0.717, 1.165) is 43.9 Å². The molecule has 0 aliphatic heterocycles. The molecule has 0 radical (unpaired) electrons. The fraction of sp³-hybridized carbons (Fsp3) is 0.611. The third-order valence-corrected chi connectivity index (χ3v) is 3.46. The predicted molar refractivity (Wildman–Crippen MR) is 112 cm³/mol. The van der Waals surface area contributed by atoms with Crippen molar-refractivity contribution < 1.29 is 9.47 Å². The number of nitrogens with two attached hydrogens (primary N) is 1. The average molecular weight is 449 g/mol. The Labute approximate surface area is 163 Å². The molecule has 1 aromatic rings. The molecule has 0 bridgehead atoms. The maximum Gasteiger partial charge on any atom is 0.188 e. The van der Waals surface area contributed by atoms with Crippen molar-refractivity contribution in [3.05, 3.63) is 23.8 Å². The van der Waals surface area contributed by atoms with Crippen molar-refractivity contribution in [1.29, 1.82) is 0 Å². The zero-order valence-corrected chi connectivity index (χ0v) is 17.6. The summed E-state index contributed by atoms with van der Waals surface area (Å²) in [5, 5.41) is 3.14. The SMILES string of the molecule is CCOc1cc(CCCN=C(N)NCCC(C)C)ccc1OC.I. The van der Waals surface area contributed by atoms with Crippen LogP contribution in [-0.2, 0) is 6.42 Å². The molecule has 0 fully saturated rings. The molecule has 0 amide bonds. The first-order chi connectivity index (χ1) is 11.1. The zero-order chi connectivity index (χ0) is 17.1. The van der Waals surface area contributed by atoms with Gasteiger partial charge in [-0.05, 0) is 49.8 Å². The van der Waals surface area contributed by atoms with Gasteiger partial charge in [-0.2, -0.15) is 0 Å². The molecule has 3 N–H and O–H groups in total. The molecule has 0 aliphatic rings. The van der Waals surface area contributed by atoms with E-state index in [1.54, 1.807) is 7.11 Å². The first-order valence-corrected chi connectivity index (χ1v) is 8.40. The lowest BCUT2D eigenvalue weighted by molar-refractivity contribution is 0.310. The van der Waals surface area contributed by atoms with Crippen LogP contribution < -0.4 is 20.5 Å². The lowest BCUT2D eigenvalue weighted by Crippen LogP contribution is -2.33. The Kier molecular flexibility index (Phi) is 12.5. The van der Waals surface area contributed by atoms with Gasteiger partial charge in [0.2, 0.25) is 0 Å². The fourth-order valence-electron chi connectivity index (χ4n) is 2.17. The van der Waals surface area contributed by atoms with E-state index in [2.05, 4.69) is 30.2 Å². The summed E-state index contributed by atoms with van der Waals surface area (Å²) in [5.74, 6) is 2.78. The van der Waals surface area contributed by atoms with E-state index < -0.39 is 0 Å². The molecule has 0 saturated heterocycles. The van der Waals surface area contributed by atoms with Crippen molar-refractivity contribution in [3.8, 4) is 11.5 Å². The summed E-state index contributed by atoms with van der Waals surface area (Å²) in [6.07, 6.45) is 2.99. The number of rotatable bonds is 10. The van der Waals surface area contributed by atoms with E-state index in [1.807, 2.05) is 19.1 Å². The van der Waals surface area contributed by atoms with E-state index in [0.29, 0.717) is 18.5 Å². The van der Waals surface area contributed by atoms with Crippen LogP contribution in [0.5, 0.6) is 11.5 Å². The Hall–Kier alpha value is -1.18. The maximum absolute atomic E-state index is 5.84. The first kappa shape index (κ1) is 22.8. The van der Waals surface area contributed by atoms with Crippen molar-refractivity contribution in [2.45, 2.75) is 40.0 Å². The van der Waals surface area contributed by atoms with Crippen LogP contribution in [0.3, 0.4) is 0 Å². The zero-order valence-electron chi connectivity index (χ0n) is 15.3.